The van der Waals surface area contributed by atoms with E-state index in [1.165, 1.54) is 11.6 Å². The zero-order chi connectivity index (χ0) is 23.7. The van der Waals surface area contributed by atoms with Crippen LogP contribution in [0, 0.1) is 19.8 Å². The molecule has 0 aliphatic rings. The van der Waals surface area contributed by atoms with Crippen molar-refractivity contribution in [3.63, 3.8) is 0 Å². The molecule has 0 unspecified atom stereocenters. The summed E-state index contributed by atoms with van der Waals surface area (Å²) in [4.78, 5) is 12.9. The minimum absolute atomic E-state index is 0.110. The van der Waals surface area contributed by atoms with E-state index in [1.807, 2.05) is 48.0 Å². The van der Waals surface area contributed by atoms with Crippen LogP contribution in [0.5, 0.6) is 5.88 Å². The second kappa shape index (κ2) is 8.90. The van der Waals surface area contributed by atoms with Gasteiger partial charge in [-0.2, -0.15) is 5.10 Å². The molecule has 1 aromatic carbocycles. The summed E-state index contributed by atoms with van der Waals surface area (Å²) in [6.45, 7) is 8.64. The molecule has 0 spiro atoms. The van der Waals surface area contributed by atoms with Crippen LogP contribution in [0.25, 0.3) is 22.6 Å². The first-order valence-electron chi connectivity index (χ1n) is 10.8. The molecule has 0 aliphatic heterocycles. The molecule has 0 fully saturated rings. The van der Waals surface area contributed by atoms with Gasteiger partial charge in [-0.05, 0) is 43.0 Å². The fourth-order valence-corrected chi connectivity index (χ4v) is 3.71. The van der Waals surface area contributed by atoms with E-state index in [4.69, 9.17) is 4.42 Å². The summed E-state index contributed by atoms with van der Waals surface area (Å²) in [5.41, 5.74) is 3.51. The highest BCUT2D eigenvalue weighted by atomic mass is 16.3. The Hall–Kier alpha value is -3.94. The van der Waals surface area contributed by atoms with Gasteiger partial charge in [0.25, 0.3) is 5.56 Å². The van der Waals surface area contributed by atoms with E-state index in [0.717, 1.165) is 16.8 Å². The Labute approximate surface area is 191 Å². The number of aromatic hydroxyl groups is 1. The van der Waals surface area contributed by atoms with Crippen LogP contribution in [0.1, 0.15) is 25.0 Å². The Bertz CT molecular complexity index is 1360. The molecule has 170 valence electrons. The zero-order valence-corrected chi connectivity index (χ0v) is 19.4. The van der Waals surface area contributed by atoms with Crippen molar-refractivity contribution >= 4 is 11.5 Å². The van der Waals surface area contributed by atoms with Crippen LogP contribution in [0.15, 0.2) is 68.2 Å². The topological polar surface area (TPSA) is 97.9 Å². The normalized spacial score (nSPS) is 11.7. The summed E-state index contributed by atoms with van der Waals surface area (Å²) in [5.74, 6) is 1.31. The molecule has 0 amide bonds. The molecule has 1 N–H and O–H groups in total. The summed E-state index contributed by atoms with van der Waals surface area (Å²) in [7, 11) is 1.51. The van der Waals surface area contributed by atoms with Gasteiger partial charge in [-0.3, -0.25) is 14.0 Å². The number of azo groups is 1. The molecule has 33 heavy (non-hydrogen) atoms. The van der Waals surface area contributed by atoms with Crippen LogP contribution in [0.2, 0.25) is 0 Å². The molecule has 0 atom stereocenters. The highest BCUT2D eigenvalue weighted by molar-refractivity contribution is 5.76. The van der Waals surface area contributed by atoms with Crippen LogP contribution < -0.4 is 5.56 Å². The lowest BCUT2D eigenvalue weighted by Crippen LogP contribution is -2.18. The van der Waals surface area contributed by atoms with Crippen LogP contribution in [0.4, 0.5) is 11.5 Å². The number of aryl methyl sites for hydroxylation is 1. The van der Waals surface area contributed by atoms with E-state index in [0.29, 0.717) is 35.2 Å². The maximum absolute atomic E-state index is 12.9. The smallest absolute Gasteiger partial charge is 0.281 e. The zero-order valence-electron chi connectivity index (χ0n) is 19.4. The second-order valence-electron chi connectivity index (χ2n) is 8.54. The molecule has 3 aromatic heterocycles. The van der Waals surface area contributed by atoms with Gasteiger partial charge in [-0.25, -0.2) is 0 Å². The monoisotopic (exact) mass is 445 g/mol. The van der Waals surface area contributed by atoms with Gasteiger partial charge in [0.2, 0.25) is 5.88 Å². The van der Waals surface area contributed by atoms with Crippen molar-refractivity contribution in [1.29, 1.82) is 0 Å². The summed E-state index contributed by atoms with van der Waals surface area (Å²) >= 11 is 0. The maximum Gasteiger partial charge on any atom is 0.281 e. The van der Waals surface area contributed by atoms with E-state index in [2.05, 4.69) is 29.2 Å². The third-order valence-corrected chi connectivity index (χ3v) is 5.45. The van der Waals surface area contributed by atoms with Gasteiger partial charge < -0.3 is 9.52 Å². The number of furan rings is 1. The molecule has 0 saturated carbocycles. The van der Waals surface area contributed by atoms with Crippen molar-refractivity contribution in [3.8, 4) is 28.5 Å². The summed E-state index contributed by atoms with van der Waals surface area (Å²) < 4.78 is 8.56. The largest absolute Gasteiger partial charge is 0.494 e. The second-order valence-corrected chi connectivity index (χ2v) is 8.54. The van der Waals surface area contributed by atoms with Gasteiger partial charge in [0.15, 0.2) is 17.3 Å². The van der Waals surface area contributed by atoms with Crippen LogP contribution in [0.3, 0.4) is 0 Å². The van der Waals surface area contributed by atoms with E-state index in [1.54, 1.807) is 19.3 Å². The molecular weight excluding hydrogens is 418 g/mol. The average Bonchev–Trinajstić information content (AvgIpc) is 3.43. The number of hydrogen-bond acceptors (Lipinski definition) is 6. The molecule has 4 aromatic rings. The summed E-state index contributed by atoms with van der Waals surface area (Å²) in [5, 5.41) is 23.8. The maximum atomic E-state index is 12.9. The lowest BCUT2D eigenvalue weighted by Gasteiger charge is -2.14. The van der Waals surface area contributed by atoms with Gasteiger partial charge in [-0.1, -0.05) is 43.7 Å². The lowest BCUT2D eigenvalue weighted by atomic mass is 10.00. The minimum Gasteiger partial charge on any atom is -0.494 e. The van der Waals surface area contributed by atoms with Crippen molar-refractivity contribution in [2.75, 3.05) is 0 Å². The number of hydrogen-bond donors (Lipinski definition) is 1. The van der Waals surface area contributed by atoms with E-state index < -0.39 is 5.56 Å². The standard InChI is InChI=1S/C25H27N5O3/c1-15(2)14-30-19(20-7-6-12-33-20)13-21(28-30)26-27-23-17(4)22(24(31)29(5)25(23)32)18-10-8-16(3)9-11-18/h6-13,15,31H,14H2,1-5H3. The molecule has 0 aliphatic carbocycles. The molecular formula is C25H27N5O3. The lowest BCUT2D eigenvalue weighted by molar-refractivity contribution is 0.425. The fraction of sp³-hybridized carbons (Fsp3) is 0.280. The molecule has 0 radical (unpaired) electrons. The van der Waals surface area contributed by atoms with Gasteiger partial charge in [0.05, 0.1) is 6.26 Å². The number of benzene rings is 1. The molecule has 0 saturated heterocycles. The number of nitrogens with zero attached hydrogens (tertiary/aromatic N) is 5. The average molecular weight is 446 g/mol. The van der Waals surface area contributed by atoms with Crippen molar-refractivity contribution in [2.24, 2.45) is 23.2 Å². The highest BCUT2D eigenvalue weighted by Crippen LogP contribution is 2.36. The Morgan fingerprint density at radius 3 is 2.48 bits per heavy atom. The predicted molar refractivity (Wildman–Crippen MR) is 127 cm³/mol. The van der Waals surface area contributed by atoms with Crippen molar-refractivity contribution in [2.45, 2.75) is 34.2 Å². The molecule has 0 bridgehead atoms. The fourth-order valence-electron chi connectivity index (χ4n) is 3.71. The Morgan fingerprint density at radius 2 is 1.85 bits per heavy atom. The Balaban J connectivity index is 1.79. The molecule has 3 heterocycles. The van der Waals surface area contributed by atoms with Crippen molar-refractivity contribution in [1.82, 2.24) is 14.3 Å². The van der Waals surface area contributed by atoms with Crippen molar-refractivity contribution in [3.05, 3.63) is 70.2 Å². The Kier molecular flexibility index (Phi) is 6.00. The third kappa shape index (κ3) is 4.37. The van der Waals surface area contributed by atoms with E-state index >= 15 is 0 Å². The molecule has 8 heteroatoms. The van der Waals surface area contributed by atoms with Crippen LogP contribution in [-0.4, -0.2) is 19.5 Å². The number of rotatable bonds is 6. The van der Waals surface area contributed by atoms with Gasteiger partial charge in [-0.15, -0.1) is 10.2 Å². The number of aromatic nitrogens is 3. The summed E-state index contributed by atoms with van der Waals surface area (Å²) in [6.07, 6.45) is 1.61. The first-order valence-corrected chi connectivity index (χ1v) is 10.8. The van der Waals surface area contributed by atoms with Crippen LogP contribution in [-0.2, 0) is 13.6 Å². The Morgan fingerprint density at radius 1 is 1.12 bits per heavy atom. The first kappa shape index (κ1) is 22.3. The third-order valence-electron chi connectivity index (χ3n) is 5.45. The summed E-state index contributed by atoms with van der Waals surface area (Å²) in [6, 6.07) is 13.2. The van der Waals surface area contributed by atoms with E-state index in [9.17, 15) is 9.90 Å². The predicted octanol–water partition coefficient (Wildman–Crippen LogP) is 5.90. The molecule has 8 nitrogen and oxygen atoms in total. The number of pyridine rings is 1. The first-order chi connectivity index (χ1) is 15.8. The van der Waals surface area contributed by atoms with Crippen molar-refractivity contribution < 1.29 is 9.52 Å². The van der Waals surface area contributed by atoms with E-state index in [-0.39, 0.29) is 11.6 Å². The van der Waals surface area contributed by atoms with Crippen LogP contribution >= 0.6 is 0 Å². The highest BCUT2D eigenvalue weighted by Gasteiger charge is 2.19. The SMILES string of the molecule is Cc1ccc(-c2c(C)c(N=Nc3cc(-c4ccco4)n(CC(C)C)n3)c(=O)n(C)c2O)cc1. The van der Waals surface area contributed by atoms with Gasteiger partial charge >= 0.3 is 0 Å². The minimum atomic E-state index is -0.433. The molecule has 4 rings (SSSR count). The van der Waals surface area contributed by atoms with Gasteiger partial charge in [0.1, 0.15) is 5.69 Å². The van der Waals surface area contributed by atoms with Gasteiger partial charge in [0, 0.05) is 25.2 Å². The quantitative estimate of drug-likeness (QED) is 0.373.